The van der Waals surface area contributed by atoms with Crippen molar-refractivity contribution in [1.82, 2.24) is 4.31 Å². The van der Waals surface area contributed by atoms with Gasteiger partial charge in [0.25, 0.3) is 0 Å². The lowest BCUT2D eigenvalue weighted by atomic mass is 10.1. The van der Waals surface area contributed by atoms with Crippen LogP contribution >= 0.6 is 11.6 Å². The van der Waals surface area contributed by atoms with Gasteiger partial charge in [-0.2, -0.15) is 4.31 Å². The molecule has 1 fully saturated rings. The van der Waals surface area contributed by atoms with Crippen LogP contribution in [-0.2, 0) is 10.0 Å². The summed E-state index contributed by atoms with van der Waals surface area (Å²) < 4.78 is 32.6. The van der Waals surface area contributed by atoms with Gasteiger partial charge in [-0.1, -0.05) is 29.8 Å². The highest BCUT2D eigenvalue weighted by molar-refractivity contribution is 7.89. The molecule has 0 aromatic heterocycles. The highest BCUT2D eigenvalue weighted by Gasteiger charge is 2.36. The van der Waals surface area contributed by atoms with Crippen LogP contribution in [0.4, 0.5) is 0 Å². The summed E-state index contributed by atoms with van der Waals surface area (Å²) in [6, 6.07) is 13.8. The largest absolute Gasteiger partial charge is 0.497 e. The molecule has 0 N–H and O–H groups in total. The number of hydrogen-bond donors (Lipinski definition) is 0. The molecule has 1 aliphatic rings. The molecular formula is C17H18ClNO3S. The molecule has 3 rings (SSSR count). The number of methoxy groups -OCH3 is 1. The molecule has 0 spiro atoms. The minimum Gasteiger partial charge on any atom is -0.497 e. The molecule has 2 aromatic carbocycles. The van der Waals surface area contributed by atoms with E-state index in [4.69, 9.17) is 16.3 Å². The summed E-state index contributed by atoms with van der Waals surface area (Å²) in [6.07, 6.45) is 1.66. The lowest BCUT2D eigenvalue weighted by Gasteiger charge is -2.24. The van der Waals surface area contributed by atoms with E-state index in [0.717, 1.165) is 24.2 Å². The number of ether oxygens (including phenoxy) is 1. The SMILES string of the molecule is COc1ccc([C@@H]2CCCN2S(=O)(=O)c2cccc(Cl)c2)cc1. The Bertz CT molecular complexity index is 790. The molecule has 0 saturated carbocycles. The predicted molar refractivity (Wildman–Crippen MR) is 90.3 cm³/mol. The molecule has 6 heteroatoms. The first kappa shape index (κ1) is 16.3. The molecule has 0 radical (unpaired) electrons. The lowest BCUT2D eigenvalue weighted by molar-refractivity contribution is 0.394. The van der Waals surface area contributed by atoms with Crippen LogP contribution < -0.4 is 4.74 Å². The van der Waals surface area contributed by atoms with Crippen LogP contribution in [0.25, 0.3) is 0 Å². The molecule has 2 aromatic rings. The average Bonchev–Trinajstić information content (AvgIpc) is 3.05. The number of hydrogen-bond acceptors (Lipinski definition) is 3. The van der Waals surface area contributed by atoms with Crippen LogP contribution in [0.15, 0.2) is 53.4 Å². The van der Waals surface area contributed by atoms with Gasteiger partial charge in [-0.05, 0) is 48.7 Å². The maximum atomic E-state index is 12.9. The zero-order valence-electron chi connectivity index (χ0n) is 12.8. The fraction of sp³-hybridized carbons (Fsp3) is 0.294. The van der Waals surface area contributed by atoms with Crippen molar-refractivity contribution in [3.8, 4) is 5.75 Å². The minimum absolute atomic E-state index is 0.148. The fourth-order valence-electron chi connectivity index (χ4n) is 2.95. The van der Waals surface area contributed by atoms with Crippen LogP contribution in [0.2, 0.25) is 5.02 Å². The lowest BCUT2D eigenvalue weighted by Crippen LogP contribution is -2.30. The molecule has 0 unspecified atom stereocenters. The molecule has 122 valence electrons. The zero-order chi connectivity index (χ0) is 16.4. The highest BCUT2D eigenvalue weighted by atomic mass is 35.5. The van der Waals surface area contributed by atoms with Crippen LogP contribution in [0.5, 0.6) is 5.75 Å². The molecule has 1 aliphatic heterocycles. The van der Waals surface area contributed by atoms with Gasteiger partial charge in [-0.15, -0.1) is 0 Å². The van der Waals surface area contributed by atoms with E-state index in [0.29, 0.717) is 11.6 Å². The van der Waals surface area contributed by atoms with Crippen molar-refractivity contribution in [1.29, 1.82) is 0 Å². The van der Waals surface area contributed by atoms with Gasteiger partial charge in [-0.3, -0.25) is 0 Å². The summed E-state index contributed by atoms with van der Waals surface area (Å²) in [4.78, 5) is 0.241. The van der Waals surface area contributed by atoms with E-state index < -0.39 is 10.0 Å². The van der Waals surface area contributed by atoms with Crippen molar-refractivity contribution in [2.45, 2.75) is 23.8 Å². The van der Waals surface area contributed by atoms with E-state index >= 15 is 0 Å². The second-order valence-electron chi connectivity index (χ2n) is 5.50. The van der Waals surface area contributed by atoms with Gasteiger partial charge in [0.05, 0.1) is 18.0 Å². The van der Waals surface area contributed by atoms with Gasteiger partial charge in [0.1, 0.15) is 5.75 Å². The summed E-state index contributed by atoms with van der Waals surface area (Å²) in [5.41, 5.74) is 0.980. The van der Waals surface area contributed by atoms with E-state index in [-0.39, 0.29) is 10.9 Å². The summed E-state index contributed by atoms with van der Waals surface area (Å²) >= 11 is 5.95. The third kappa shape index (κ3) is 3.22. The van der Waals surface area contributed by atoms with E-state index in [1.54, 1.807) is 29.6 Å². The molecule has 23 heavy (non-hydrogen) atoms. The van der Waals surface area contributed by atoms with Gasteiger partial charge >= 0.3 is 0 Å². The van der Waals surface area contributed by atoms with Gasteiger partial charge in [-0.25, -0.2) is 8.42 Å². The van der Waals surface area contributed by atoms with Gasteiger partial charge in [0.2, 0.25) is 10.0 Å². The quantitative estimate of drug-likeness (QED) is 0.839. The predicted octanol–water partition coefficient (Wildman–Crippen LogP) is 3.87. The third-order valence-corrected chi connectivity index (χ3v) is 6.25. The summed E-state index contributed by atoms with van der Waals surface area (Å²) in [5, 5.41) is 0.422. The van der Waals surface area contributed by atoms with Crippen molar-refractivity contribution >= 4 is 21.6 Å². The monoisotopic (exact) mass is 351 g/mol. The Balaban J connectivity index is 1.94. The number of sulfonamides is 1. The second kappa shape index (κ2) is 6.51. The summed E-state index contributed by atoms with van der Waals surface area (Å²) in [5.74, 6) is 0.760. The zero-order valence-corrected chi connectivity index (χ0v) is 14.3. The van der Waals surface area contributed by atoms with E-state index in [1.807, 2.05) is 24.3 Å². The van der Waals surface area contributed by atoms with Crippen molar-refractivity contribution in [2.24, 2.45) is 0 Å². The van der Waals surface area contributed by atoms with Gasteiger partial charge in [0, 0.05) is 11.6 Å². The number of halogens is 1. The smallest absolute Gasteiger partial charge is 0.243 e. The Morgan fingerprint density at radius 3 is 2.57 bits per heavy atom. The van der Waals surface area contributed by atoms with E-state index in [1.165, 1.54) is 6.07 Å². The molecule has 1 atom stereocenters. The fourth-order valence-corrected chi connectivity index (χ4v) is 4.93. The Morgan fingerprint density at radius 2 is 1.91 bits per heavy atom. The van der Waals surface area contributed by atoms with E-state index in [9.17, 15) is 8.42 Å². The summed E-state index contributed by atoms with van der Waals surface area (Å²) in [6.45, 7) is 0.519. The molecule has 0 amide bonds. The topological polar surface area (TPSA) is 46.6 Å². The molecule has 4 nitrogen and oxygen atoms in total. The maximum Gasteiger partial charge on any atom is 0.243 e. The first-order chi connectivity index (χ1) is 11.0. The highest BCUT2D eigenvalue weighted by Crippen LogP contribution is 2.37. The van der Waals surface area contributed by atoms with E-state index in [2.05, 4.69) is 0 Å². The second-order valence-corrected chi connectivity index (χ2v) is 7.83. The minimum atomic E-state index is -3.56. The average molecular weight is 352 g/mol. The van der Waals surface area contributed by atoms with Crippen molar-refractivity contribution < 1.29 is 13.2 Å². The Labute approximate surface area is 141 Å². The Morgan fingerprint density at radius 1 is 1.17 bits per heavy atom. The van der Waals surface area contributed by atoms with Crippen LogP contribution in [-0.4, -0.2) is 26.4 Å². The summed E-state index contributed by atoms with van der Waals surface area (Å²) in [7, 11) is -1.94. The van der Waals surface area contributed by atoms with Crippen molar-refractivity contribution in [3.63, 3.8) is 0 Å². The molecule has 1 saturated heterocycles. The van der Waals surface area contributed by atoms with Gasteiger partial charge in [0.15, 0.2) is 0 Å². The Kier molecular flexibility index (Phi) is 4.62. The van der Waals surface area contributed by atoms with Gasteiger partial charge < -0.3 is 4.74 Å². The normalized spacial score (nSPS) is 19.0. The third-order valence-electron chi connectivity index (χ3n) is 4.11. The standard InChI is InChI=1S/C17H18ClNO3S/c1-22-15-9-7-13(8-10-15)17-6-3-11-19(17)23(20,21)16-5-2-4-14(18)12-16/h2,4-5,7-10,12,17H,3,6,11H2,1H3/t17-/m0/s1. The number of benzene rings is 2. The molecule has 1 heterocycles. The molecule has 0 bridgehead atoms. The van der Waals surface area contributed by atoms with Crippen LogP contribution in [0, 0.1) is 0 Å². The van der Waals surface area contributed by atoms with Crippen molar-refractivity contribution in [3.05, 3.63) is 59.1 Å². The Hall–Kier alpha value is -1.56. The number of rotatable bonds is 4. The van der Waals surface area contributed by atoms with Crippen molar-refractivity contribution in [2.75, 3.05) is 13.7 Å². The molecular weight excluding hydrogens is 334 g/mol. The maximum absolute atomic E-state index is 12.9. The molecule has 0 aliphatic carbocycles. The number of nitrogens with zero attached hydrogens (tertiary/aromatic N) is 1. The first-order valence-electron chi connectivity index (χ1n) is 7.44. The van der Waals surface area contributed by atoms with Crippen LogP contribution in [0.1, 0.15) is 24.4 Å². The first-order valence-corrected chi connectivity index (χ1v) is 9.25. The van der Waals surface area contributed by atoms with Crippen LogP contribution in [0.3, 0.4) is 0 Å².